The first-order chi connectivity index (χ1) is 18.7. The summed E-state index contributed by atoms with van der Waals surface area (Å²) < 4.78 is 32.2. The minimum Gasteiger partial charge on any atom is -0.491 e. The lowest BCUT2D eigenvalue weighted by Crippen LogP contribution is -2.27. The van der Waals surface area contributed by atoms with Crippen molar-refractivity contribution < 1.29 is 18.6 Å². The fourth-order valence-corrected chi connectivity index (χ4v) is 5.03. The van der Waals surface area contributed by atoms with Crippen molar-refractivity contribution in [3.05, 3.63) is 47.9 Å². The van der Waals surface area contributed by atoms with Gasteiger partial charge in [-0.3, -0.25) is 4.98 Å². The number of ether oxygens (including phenoxy) is 3. The number of rotatable bonds is 19. The van der Waals surface area contributed by atoms with E-state index in [1.807, 2.05) is 18.2 Å². The summed E-state index contributed by atoms with van der Waals surface area (Å²) in [6, 6.07) is 8.92. The highest BCUT2D eigenvalue weighted by molar-refractivity contribution is 5.60. The second-order valence-corrected chi connectivity index (χ2v) is 10.9. The molecule has 3 rings (SSSR count). The van der Waals surface area contributed by atoms with E-state index in [4.69, 9.17) is 14.2 Å². The van der Waals surface area contributed by atoms with Crippen LogP contribution >= 0.6 is 0 Å². The van der Waals surface area contributed by atoms with Crippen molar-refractivity contribution in [2.45, 2.75) is 116 Å². The highest BCUT2D eigenvalue weighted by Gasteiger charge is 2.23. The first-order valence-corrected chi connectivity index (χ1v) is 15.3. The molecule has 38 heavy (non-hydrogen) atoms. The summed E-state index contributed by atoms with van der Waals surface area (Å²) in [6.07, 6.45) is 20.6. The van der Waals surface area contributed by atoms with E-state index in [1.54, 1.807) is 12.3 Å². The summed E-state index contributed by atoms with van der Waals surface area (Å²) >= 11 is 0. The van der Waals surface area contributed by atoms with Crippen LogP contribution in [0.4, 0.5) is 4.39 Å². The maximum absolute atomic E-state index is 14.5. The monoisotopic (exact) mass is 527 g/mol. The molecule has 0 N–H and O–H groups in total. The molecule has 0 radical (unpaired) electrons. The molecule has 1 fully saturated rings. The molecular formula is C33H50FNO3. The zero-order valence-electron chi connectivity index (χ0n) is 23.9. The maximum Gasteiger partial charge on any atom is 0.185 e. The third kappa shape index (κ3) is 11.0. The van der Waals surface area contributed by atoms with E-state index in [1.165, 1.54) is 89.5 Å². The van der Waals surface area contributed by atoms with Gasteiger partial charge in [-0.15, -0.1) is 0 Å². The van der Waals surface area contributed by atoms with Gasteiger partial charge in [0.05, 0.1) is 25.5 Å². The first-order valence-electron chi connectivity index (χ1n) is 15.3. The van der Waals surface area contributed by atoms with Crippen molar-refractivity contribution in [1.29, 1.82) is 0 Å². The zero-order chi connectivity index (χ0) is 26.8. The number of hydrogen-bond acceptors (Lipinski definition) is 4. The Morgan fingerprint density at radius 1 is 0.789 bits per heavy atom. The smallest absolute Gasteiger partial charge is 0.185 e. The average molecular weight is 528 g/mol. The second kappa shape index (κ2) is 18.3. The fourth-order valence-electron chi connectivity index (χ4n) is 5.03. The minimum atomic E-state index is -0.374. The van der Waals surface area contributed by atoms with Crippen LogP contribution in [0.15, 0.2) is 36.5 Å². The molecule has 4 nitrogen and oxygen atoms in total. The van der Waals surface area contributed by atoms with Crippen molar-refractivity contribution in [3.8, 4) is 17.0 Å². The van der Waals surface area contributed by atoms with Gasteiger partial charge in [0, 0.05) is 23.2 Å². The van der Waals surface area contributed by atoms with Gasteiger partial charge in [-0.1, -0.05) is 103 Å². The third-order valence-electron chi connectivity index (χ3n) is 7.47. The predicted molar refractivity (Wildman–Crippen MR) is 154 cm³/mol. The Morgan fingerprint density at radius 3 is 2.03 bits per heavy atom. The quantitative estimate of drug-likeness (QED) is 0.170. The molecule has 1 aliphatic heterocycles. The van der Waals surface area contributed by atoms with E-state index in [0.717, 1.165) is 42.9 Å². The number of unbranched alkanes of at least 4 members (excludes halogenated alkanes) is 12. The molecule has 2 heterocycles. The molecule has 212 valence electrons. The largest absolute Gasteiger partial charge is 0.491 e. The number of pyridine rings is 1. The van der Waals surface area contributed by atoms with Gasteiger partial charge in [0.25, 0.3) is 0 Å². The standard InChI is InChI=1S/C33H50FNO3/c1-3-5-7-9-10-11-12-13-14-15-17-27-25-37-33(38-26-27)29-18-20-31(35-24-29)28-19-21-32(30(34)23-28)36-22-16-8-6-4-2/h18-21,23-24,27,33H,3-17,22,25-26H2,1-2H3. The molecule has 0 amide bonds. The van der Waals surface area contributed by atoms with Crippen molar-refractivity contribution >= 4 is 0 Å². The molecule has 0 unspecified atom stereocenters. The lowest BCUT2D eigenvalue weighted by atomic mass is 10.0. The van der Waals surface area contributed by atoms with Crippen molar-refractivity contribution in [2.75, 3.05) is 19.8 Å². The van der Waals surface area contributed by atoms with Crippen LogP contribution in [0.2, 0.25) is 0 Å². The molecule has 0 bridgehead atoms. The van der Waals surface area contributed by atoms with Gasteiger partial charge in [0.15, 0.2) is 17.9 Å². The lowest BCUT2D eigenvalue weighted by molar-refractivity contribution is -0.206. The van der Waals surface area contributed by atoms with Gasteiger partial charge in [-0.2, -0.15) is 0 Å². The highest BCUT2D eigenvalue weighted by atomic mass is 19.1. The summed E-state index contributed by atoms with van der Waals surface area (Å²) in [5.74, 6) is 0.428. The number of hydrogen-bond donors (Lipinski definition) is 0. The number of aromatic nitrogens is 1. The summed E-state index contributed by atoms with van der Waals surface area (Å²) in [5.41, 5.74) is 2.35. The van der Waals surface area contributed by atoms with E-state index in [2.05, 4.69) is 18.8 Å². The van der Waals surface area contributed by atoms with E-state index in [9.17, 15) is 4.39 Å². The average Bonchev–Trinajstić information content (AvgIpc) is 2.95. The van der Waals surface area contributed by atoms with Crippen molar-refractivity contribution in [3.63, 3.8) is 0 Å². The molecule has 5 heteroatoms. The topological polar surface area (TPSA) is 40.6 Å². The maximum atomic E-state index is 14.5. The van der Waals surface area contributed by atoms with Crippen LogP contribution in [-0.4, -0.2) is 24.8 Å². The molecule has 0 aliphatic carbocycles. The van der Waals surface area contributed by atoms with Crippen LogP contribution in [0, 0.1) is 11.7 Å². The minimum absolute atomic E-state index is 0.304. The highest BCUT2D eigenvalue weighted by Crippen LogP contribution is 2.29. The van der Waals surface area contributed by atoms with Crippen molar-refractivity contribution in [2.24, 2.45) is 5.92 Å². The number of benzene rings is 1. The summed E-state index contributed by atoms with van der Waals surface area (Å²) in [6.45, 7) is 6.45. The SMILES string of the molecule is CCCCCCCCCCCCC1COC(c2ccc(-c3ccc(OCCCCCC)c(F)c3)nc2)OC1. The Bertz CT molecular complexity index is 880. The molecule has 1 aromatic carbocycles. The van der Waals surface area contributed by atoms with Gasteiger partial charge in [0.1, 0.15) is 0 Å². The van der Waals surface area contributed by atoms with Crippen molar-refractivity contribution in [1.82, 2.24) is 4.98 Å². The van der Waals surface area contributed by atoms with Gasteiger partial charge in [-0.05, 0) is 37.1 Å². The number of nitrogens with zero attached hydrogens (tertiary/aromatic N) is 1. The molecule has 2 aromatic rings. The zero-order valence-corrected chi connectivity index (χ0v) is 23.9. The van der Waals surface area contributed by atoms with Gasteiger partial charge in [0.2, 0.25) is 0 Å². The Morgan fingerprint density at radius 2 is 1.42 bits per heavy atom. The van der Waals surface area contributed by atoms with E-state index >= 15 is 0 Å². The normalized spacial score (nSPS) is 17.6. The Labute approximate surface area is 230 Å². The first kappa shape index (κ1) is 30.6. The molecule has 1 saturated heterocycles. The second-order valence-electron chi connectivity index (χ2n) is 10.9. The third-order valence-corrected chi connectivity index (χ3v) is 7.47. The summed E-state index contributed by atoms with van der Waals surface area (Å²) in [4.78, 5) is 4.55. The van der Waals surface area contributed by atoms with Gasteiger partial charge in [-0.25, -0.2) is 4.39 Å². The van der Waals surface area contributed by atoms with E-state index < -0.39 is 0 Å². The molecule has 1 aromatic heterocycles. The van der Waals surface area contributed by atoms with Crippen LogP contribution in [0.25, 0.3) is 11.3 Å². The predicted octanol–water partition coefficient (Wildman–Crippen LogP) is 9.82. The van der Waals surface area contributed by atoms with Crippen LogP contribution < -0.4 is 4.74 Å². The van der Waals surface area contributed by atoms with E-state index in [0.29, 0.717) is 18.3 Å². The van der Waals surface area contributed by atoms with Crippen LogP contribution in [-0.2, 0) is 9.47 Å². The van der Waals surface area contributed by atoms with Crippen LogP contribution in [0.3, 0.4) is 0 Å². The van der Waals surface area contributed by atoms with Gasteiger partial charge < -0.3 is 14.2 Å². The van der Waals surface area contributed by atoms with E-state index in [-0.39, 0.29) is 12.1 Å². The summed E-state index contributed by atoms with van der Waals surface area (Å²) in [5, 5.41) is 0. The molecule has 0 spiro atoms. The number of halogens is 1. The van der Waals surface area contributed by atoms with Crippen LogP contribution in [0.5, 0.6) is 5.75 Å². The molecular weight excluding hydrogens is 477 g/mol. The molecule has 1 aliphatic rings. The molecule has 0 saturated carbocycles. The molecule has 0 atom stereocenters. The fraction of sp³-hybridized carbons (Fsp3) is 0.667. The Balaban J connectivity index is 1.33. The van der Waals surface area contributed by atoms with Crippen LogP contribution in [0.1, 0.15) is 122 Å². The Hall–Kier alpha value is -1.98. The summed E-state index contributed by atoms with van der Waals surface area (Å²) in [7, 11) is 0. The van der Waals surface area contributed by atoms with Gasteiger partial charge >= 0.3 is 0 Å². The Kier molecular flexibility index (Phi) is 14.7. The lowest BCUT2D eigenvalue weighted by Gasteiger charge is -2.29.